The number of benzene rings is 3. The summed E-state index contributed by atoms with van der Waals surface area (Å²) in [4.78, 5) is 28.7. The SMILES string of the molecule is CCOc1ccc(N(CC(=O)N(CCc2ccccc2)[C@H](CC)C(=O)NC(C)(C)C)S(=O)(=O)c2ccc(F)cc2)cc1. The van der Waals surface area contributed by atoms with Gasteiger partial charge in [-0.15, -0.1) is 0 Å². The highest BCUT2D eigenvalue weighted by molar-refractivity contribution is 7.92. The molecule has 1 N–H and O–H groups in total. The lowest BCUT2D eigenvalue weighted by Gasteiger charge is -2.34. The van der Waals surface area contributed by atoms with Crippen LogP contribution in [0.4, 0.5) is 10.1 Å². The van der Waals surface area contributed by atoms with Crippen LogP contribution in [0, 0.1) is 5.82 Å². The third-order valence-electron chi connectivity index (χ3n) is 6.48. The van der Waals surface area contributed by atoms with Crippen LogP contribution >= 0.6 is 0 Å². The van der Waals surface area contributed by atoms with Crippen molar-refractivity contribution >= 4 is 27.5 Å². The topological polar surface area (TPSA) is 96.0 Å². The Hall–Kier alpha value is -3.92. The van der Waals surface area contributed by atoms with Gasteiger partial charge in [0.2, 0.25) is 11.8 Å². The molecule has 42 heavy (non-hydrogen) atoms. The molecular formula is C32H40FN3O5S. The smallest absolute Gasteiger partial charge is 0.264 e. The minimum absolute atomic E-state index is 0.168. The van der Waals surface area contributed by atoms with Crippen molar-refractivity contribution in [3.05, 3.63) is 90.2 Å². The number of sulfonamides is 1. The first-order valence-corrected chi connectivity index (χ1v) is 15.5. The highest BCUT2D eigenvalue weighted by atomic mass is 32.2. The number of nitrogens with one attached hydrogen (secondary N) is 1. The summed E-state index contributed by atoms with van der Waals surface area (Å²) in [7, 11) is -4.30. The third-order valence-corrected chi connectivity index (χ3v) is 8.27. The van der Waals surface area contributed by atoms with Gasteiger partial charge in [0.1, 0.15) is 24.2 Å². The zero-order valence-corrected chi connectivity index (χ0v) is 25.7. The van der Waals surface area contributed by atoms with E-state index in [2.05, 4.69) is 5.32 Å². The number of anilines is 1. The number of hydrogen-bond acceptors (Lipinski definition) is 5. The molecule has 0 aromatic heterocycles. The molecule has 0 aliphatic rings. The minimum Gasteiger partial charge on any atom is -0.494 e. The number of halogens is 1. The summed E-state index contributed by atoms with van der Waals surface area (Å²) in [5.74, 6) is -0.900. The normalized spacial score (nSPS) is 12.3. The molecule has 226 valence electrons. The van der Waals surface area contributed by atoms with Gasteiger partial charge in [-0.1, -0.05) is 37.3 Å². The summed E-state index contributed by atoms with van der Waals surface area (Å²) >= 11 is 0. The number of carbonyl (C=O) groups is 2. The van der Waals surface area contributed by atoms with E-state index in [1.807, 2.05) is 65.0 Å². The summed E-state index contributed by atoms with van der Waals surface area (Å²) in [6, 6.07) is 19.5. The molecule has 0 aliphatic heterocycles. The van der Waals surface area contributed by atoms with E-state index < -0.39 is 39.9 Å². The maximum absolute atomic E-state index is 14.1. The van der Waals surface area contributed by atoms with Crippen molar-refractivity contribution in [1.29, 1.82) is 0 Å². The third kappa shape index (κ3) is 8.79. The molecule has 0 saturated heterocycles. The Bertz CT molecular complexity index is 1420. The van der Waals surface area contributed by atoms with Gasteiger partial charge < -0.3 is 15.0 Å². The van der Waals surface area contributed by atoms with Crippen LogP contribution in [-0.2, 0) is 26.0 Å². The number of ether oxygens (including phenoxy) is 1. The van der Waals surface area contributed by atoms with Gasteiger partial charge >= 0.3 is 0 Å². The Balaban J connectivity index is 2.02. The number of nitrogens with zero attached hydrogens (tertiary/aromatic N) is 2. The van der Waals surface area contributed by atoms with Crippen LogP contribution in [0.5, 0.6) is 5.75 Å². The van der Waals surface area contributed by atoms with E-state index in [9.17, 15) is 22.4 Å². The first-order chi connectivity index (χ1) is 19.9. The van der Waals surface area contributed by atoms with Gasteiger partial charge in [-0.2, -0.15) is 0 Å². The molecule has 0 spiro atoms. The van der Waals surface area contributed by atoms with Crippen LogP contribution < -0.4 is 14.4 Å². The fourth-order valence-electron chi connectivity index (χ4n) is 4.49. The van der Waals surface area contributed by atoms with Crippen molar-refractivity contribution in [2.24, 2.45) is 0 Å². The second kappa shape index (κ2) is 14.3. The molecule has 2 amide bonds. The average molecular weight is 598 g/mol. The molecule has 0 radical (unpaired) electrons. The number of hydrogen-bond donors (Lipinski definition) is 1. The van der Waals surface area contributed by atoms with Crippen LogP contribution in [0.25, 0.3) is 0 Å². The minimum atomic E-state index is -4.30. The molecule has 3 aromatic rings. The van der Waals surface area contributed by atoms with Crippen molar-refractivity contribution in [3.8, 4) is 5.75 Å². The fourth-order valence-corrected chi connectivity index (χ4v) is 5.90. The molecule has 0 aliphatic carbocycles. The molecule has 3 rings (SSSR count). The lowest BCUT2D eigenvalue weighted by Crippen LogP contribution is -2.56. The zero-order valence-electron chi connectivity index (χ0n) is 24.8. The van der Waals surface area contributed by atoms with E-state index in [-0.39, 0.29) is 23.0 Å². The summed E-state index contributed by atoms with van der Waals surface area (Å²) in [6.07, 6.45) is 0.801. The molecule has 1 atom stereocenters. The van der Waals surface area contributed by atoms with Crippen molar-refractivity contribution in [2.45, 2.75) is 63.9 Å². The van der Waals surface area contributed by atoms with Crippen LogP contribution in [0.2, 0.25) is 0 Å². The maximum Gasteiger partial charge on any atom is 0.264 e. The largest absolute Gasteiger partial charge is 0.494 e. The molecule has 0 unspecified atom stereocenters. The Morgan fingerprint density at radius 1 is 0.929 bits per heavy atom. The second-order valence-corrected chi connectivity index (χ2v) is 12.7. The van der Waals surface area contributed by atoms with Gasteiger partial charge in [0, 0.05) is 12.1 Å². The van der Waals surface area contributed by atoms with Crippen molar-refractivity contribution in [1.82, 2.24) is 10.2 Å². The van der Waals surface area contributed by atoms with E-state index in [0.29, 0.717) is 25.2 Å². The van der Waals surface area contributed by atoms with E-state index in [1.54, 1.807) is 24.3 Å². The fraction of sp³-hybridized carbons (Fsp3) is 0.375. The summed E-state index contributed by atoms with van der Waals surface area (Å²) in [5, 5.41) is 2.95. The number of rotatable bonds is 13. The van der Waals surface area contributed by atoms with Crippen molar-refractivity contribution < 1.29 is 27.1 Å². The molecule has 0 saturated carbocycles. The molecular weight excluding hydrogens is 557 g/mol. The molecule has 8 nitrogen and oxygen atoms in total. The Morgan fingerprint density at radius 2 is 1.55 bits per heavy atom. The van der Waals surface area contributed by atoms with Crippen LogP contribution in [0.1, 0.15) is 46.6 Å². The van der Waals surface area contributed by atoms with Gasteiger partial charge in [-0.25, -0.2) is 12.8 Å². The summed E-state index contributed by atoms with van der Waals surface area (Å²) in [6.45, 7) is 9.29. The summed E-state index contributed by atoms with van der Waals surface area (Å²) in [5.41, 5.74) is 0.675. The van der Waals surface area contributed by atoms with E-state index in [1.165, 1.54) is 4.90 Å². The molecule has 0 heterocycles. The summed E-state index contributed by atoms with van der Waals surface area (Å²) < 4.78 is 47.9. The van der Waals surface area contributed by atoms with Crippen LogP contribution in [-0.4, -0.2) is 56.4 Å². The molecule has 10 heteroatoms. The second-order valence-electron chi connectivity index (χ2n) is 10.9. The van der Waals surface area contributed by atoms with E-state index in [0.717, 1.165) is 34.1 Å². The lowest BCUT2D eigenvalue weighted by molar-refractivity contribution is -0.140. The monoisotopic (exact) mass is 597 g/mol. The van der Waals surface area contributed by atoms with Crippen LogP contribution in [0.15, 0.2) is 83.8 Å². The number of amides is 2. The van der Waals surface area contributed by atoms with E-state index in [4.69, 9.17) is 4.74 Å². The van der Waals surface area contributed by atoms with Crippen LogP contribution in [0.3, 0.4) is 0 Å². The van der Waals surface area contributed by atoms with Gasteiger partial charge in [0.25, 0.3) is 10.0 Å². The molecule has 3 aromatic carbocycles. The Labute approximate surface area is 248 Å². The predicted octanol–water partition coefficient (Wildman–Crippen LogP) is 5.18. The standard InChI is InChI=1S/C32H40FN3O5S/c1-6-29(31(38)34-32(3,4)5)35(22-21-24-11-9-8-10-12-24)30(37)23-36(26-15-17-27(18-16-26)41-7-2)42(39,40)28-19-13-25(33)14-20-28/h8-20,29H,6-7,21-23H2,1-5H3,(H,34,38)/t29-/m1/s1. The first kappa shape index (κ1) is 32.6. The maximum atomic E-state index is 14.1. The quantitative estimate of drug-likeness (QED) is 0.293. The molecule has 0 fully saturated rings. The van der Waals surface area contributed by atoms with Crippen molar-refractivity contribution in [3.63, 3.8) is 0 Å². The van der Waals surface area contributed by atoms with E-state index >= 15 is 0 Å². The van der Waals surface area contributed by atoms with Gasteiger partial charge in [-0.05, 0) is 94.6 Å². The first-order valence-electron chi connectivity index (χ1n) is 14.0. The lowest BCUT2D eigenvalue weighted by atomic mass is 10.1. The zero-order chi connectivity index (χ0) is 30.9. The van der Waals surface area contributed by atoms with Crippen molar-refractivity contribution in [2.75, 3.05) is 24.0 Å². The molecule has 0 bridgehead atoms. The predicted molar refractivity (Wildman–Crippen MR) is 162 cm³/mol. The van der Waals surface area contributed by atoms with Gasteiger partial charge in [-0.3, -0.25) is 13.9 Å². The number of carbonyl (C=O) groups excluding carboxylic acids is 2. The highest BCUT2D eigenvalue weighted by Gasteiger charge is 2.34. The Kier molecular flexibility index (Phi) is 11.1. The van der Waals surface area contributed by atoms with Gasteiger partial charge in [0.15, 0.2) is 0 Å². The highest BCUT2D eigenvalue weighted by Crippen LogP contribution is 2.27. The van der Waals surface area contributed by atoms with Gasteiger partial charge in [0.05, 0.1) is 17.2 Å². The Morgan fingerprint density at radius 3 is 2.10 bits per heavy atom. The average Bonchev–Trinajstić information content (AvgIpc) is 2.94.